The number of hydrogen-bond donors (Lipinski definition) is 0. The van der Waals surface area contributed by atoms with E-state index in [4.69, 9.17) is 4.43 Å². The summed E-state index contributed by atoms with van der Waals surface area (Å²) in [4.78, 5) is 12.5. The van der Waals surface area contributed by atoms with Crippen LogP contribution in [0.3, 0.4) is 0 Å². The average molecular weight is 481 g/mol. The van der Waals surface area contributed by atoms with Gasteiger partial charge >= 0.3 is 0 Å². The van der Waals surface area contributed by atoms with Gasteiger partial charge in [-0.2, -0.15) is 0 Å². The lowest BCUT2D eigenvalue weighted by molar-refractivity contribution is -0.127. The van der Waals surface area contributed by atoms with Gasteiger partial charge in [-0.25, -0.2) is 0 Å². The molecule has 2 fully saturated rings. The first-order valence-electron chi connectivity index (χ1n) is 13.6. The fourth-order valence-electron chi connectivity index (χ4n) is 5.27. The van der Waals surface area contributed by atoms with Crippen molar-refractivity contribution in [1.29, 1.82) is 0 Å². The molecule has 2 aliphatic carbocycles. The summed E-state index contributed by atoms with van der Waals surface area (Å²) < 4.78 is 7.10. The zero-order valence-electron chi connectivity index (χ0n) is 22.7. The Bertz CT molecular complexity index is 857. The highest BCUT2D eigenvalue weighted by Crippen LogP contribution is 2.51. The first-order chi connectivity index (χ1) is 16.0. The highest BCUT2D eigenvalue weighted by atomic mass is 28.4. The van der Waals surface area contributed by atoms with Gasteiger partial charge in [0, 0.05) is 11.8 Å². The van der Waals surface area contributed by atoms with Crippen molar-refractivity contribution >= 4 is 14.1 Å². The summed E-state index contributed by atoms with van der Waals surface area (Å²) >= 11 is 0. The monoisotopic (exact) mass is 480 g/mol. The molecule has 2 saturated carbocycles. The van der Waals surface area contributed by atoms with Gasteiger partial charge in [0.25, 0.3) is 0 Å². The molecule has 0 N–H and O–H groups in total. The van der Waals surface area contributed by atoms with Crippen molar-refractivity contribution in [2.24, 2.45) is 10.8 Å². The van der Waals surface area contributed by atoms with Crippen LogP contribution in [0.25, 0.3) is 0 Å². The zero-order valence-corrected chi connectivity index (χ0v) is 23.7. The van der Waals surface area contributed by atoms with Crippen LogP contribution in [-0.2, 0) is 15.6 Å². The van der Waals surface area contributed by atoms with Crippen LogP contribution in [0.15, 0.2) is 54.6 Å². The number of carbonyl (C=O) groups excluding carboxylic acids is 1. The smallest absolute Gasteiger partial charge is 0.192 e. The summed E-state index contributed by atoms with van der Waals surface area (Å²) in [7, 11) is -1.91. The predicted octanol–water partition coefficient (Wildman–Crippen LogP) is 8.83. The molecule has 34 heavy (non-hydrogen) atoms. The third kappa shape index (κ3) is 6.60. The SMILES string of the molecule is CC(C)(C)[Si](C)(C)O[C@@H](/C=C/C=C/[C@]1(C)CCCCC1=O)C1(CCCc2ccccc2)CCC1. The lowest BCUT2D eigenvalue weighted by atomic mass is 9.62. The molecule has 188 valence electrons. The predicted molar refractivity (Wildman–Crippen MR) is 148 cm³/mol. The number of ketones is 1. The van der Waals surface area contributed by atoms with E-state index in [9.17, 15) is 4.79 Å². The molecule has 1 aromatic rings. The summed E-state index contributed by atoms with van der Waals surface area (Å²) in [5.41, 5.74) is 1.39. The third-order valence-electron chi connectivity index (χ3n) is 9.01. The fourth-order valence-corrected chi connectivity index (χ4v) is 6.59. The van der Waals surface area contributed by atoms with Crippen LogP contribution in [0, 0.1) is 10.8 Å². The molecule has 0 saturated heterocycles. The third-order valence-corrected chi connectivity index (χ3v) is 13.5. The minimum Gasteiger partial charge on any atom is -0.410 e. The second-order valence-corrected chi connectivity index (χ2v) is 17.4. The van der Waals surface area contributed by atoms with E-state index in [0.29, 0.717) is 5.78 Å². The molecule has 0 spiro atoms. The van der Waals surface area contributed by atoms with Crippen molar-refractivity contribution in [3.05, 3.63) is 60.2 Å². The van der Waals surface area contributed by atoms with Crippen LogP contribution in [0.1, 0.15) is 91.0 Å². The van der Waals surface area contributed by atoms with Gasteiger partial charge in [-0.1, -0.05) is 88.2 Å². The molecule has 0 unspecified atom stereocenters. The Morgan fingerprint density at radius 2 is 1.74 bits per heavy atom. The first-order valence-corrected chi connectivity index (χ1v) is 16.5. The molecule has 0 aliphatic heterocycles. The molecule has 3 heteroatoms. The Balaban J connectivity index is 1.75. The molecule has 1 aromatic carbocycles. The highest BCUT2D eigenvalue weighted by molar-refractivity contribution is 6.74. The maximum atomic E-state index is 12.5. The molecular weight excluding hydrogens is 432 g/mol. The fraction of sp³-hybridized carbons (Fsp3) is 0.645. The molecule has 0 aromatic heterocycles. The van der Waals surface area contributed by atoms with Crippen LogP contribution < -0.4 is 0 Å². The van der Waals surface area contributed by atoms with E-state index in [1.165, 1.54) is 37.7 Å². The lowest BCUT2D eigenvalue weighted by Gasteiger charge is -2.51. The van der Waals surface area contributed by atoms with Gasteiger partial charge in [-0.15, -0.1) is 0 Å². The summed E-state index contributed by atoms with van der Waals surface area (Å²) in [6.45, 7) is 13.9. The number of Topliss-reactive ketones (excluding diaryl/α,β-unsaturated/α-hetero) is 1. The van der Waals surface area contributed by atoms with E-state index < -0.39 is 8.32 Å². The highest BCUT2D eigenvalue weighted by Gasteiger charge is 2.47. The average Bonchev–Trinajstić information content (AvgIpc) is 2.74. The van der Waals surface area contributed by atoms with Gasteiger partial charge in [0.1, 0.15) is 5.78 Å². The molecular formula is C31H48O2Si. The normalized spacial score (nSPS) is 24.5. The summed E-state index contributed by atoms with van der Waals surface area (Å²) in [6, 6.07) is 10.9. The molecule has 2 atom stereocenters. The van der Waals surface area contributed by atoms with Crippen molar-refractivity contribution in [3.8, 4) is 0 Å². The minimum atomic E-state index is -1.91. The second-order valence-electron chi connectivity index (χ2n) is 12.6. The van der Waals surface area contributed by atoms with E-state index in [-0.39, 0.29) is 22.0 Å². The van der Waals surface area contributed by atoms with E-state index in [1.807, 2.05) is 0 Å². The molecule has 3 rings (SSSR count). The van der Waals surface area contributed by atoms with Crippen molar-refractivity contribution < 1.29 is 9.22 Å². The molecule has 2 nitrogen and oxygen atoms in total. The molecule has 0 radical (unpaired) electrons. The van der Waals surface area contributed by atoms with Gasteiger partial charge in [-0.05, 0) is 81.0 Å². The topological polar surface area (TPSA) is 26.3 Å². The Labute approximate surface area is 210 Å². The van der Waals surface area contributed by atoms with E-state index in [2.05, 4.69) is 95.4 Å². The Hall–Kier alpha value is -1.45. The van der Waals surface area contributed by atoms with Gasteiger partial charge < -0.3 is 4.43 Å². The minimum absolute atomic E-state index is 0.150. The van der Waals surface area contributed by atoms with Gasteiger partial charge in [-0.3, -0.25) is 4.79 Å². The number of allylic oxidation sites excluding steroid dienone is 3. The second kappa shape index (κ2) is 11.1. The van der Waals surface area contributed by atoms with Crippen molar-refractivity contribution in [2.45, 2.75) is 116 Å². The standard InChI is InChI=1S/C31H48O2Si/c1-29(2,3)34(5,6)33-28(20-11-13-22-30(4)21-12-10-19-27(30)32)31(24-15-25-31)23-14-18-26-16-8-7-9-17-26/h7-9,11,13,16-17,20,22,28H,10,12,14-15,18-19,21,23-25H2,1-6H3/b20-11+,22-13+/t28-,30-/m0/s1. The Kier molecular flexibility index (Phi) is 8.84. The van der Waals surface area contributed by atoms with Crippen LogP contribution in [0.5, 0.6) is 0 Å². The van der Waals surface area contributed by atoms with E-state index >= 15 is 0 Å². The van der Waals surface area contributed by atoms with Crippen LogP contribution >= 0.6 is 0 Å². The van der Waals surface area contributed by atoms with Crippen molar-refractivity contribution in [1.82, 2.24) is 0 Å². The number of aryl methyl sites for hydroxylation is 1. The zero-order chi connectivity index (χ0) is 24.9. The van der Waals surface area contributed by atoms with Crippen LogP contribution in [0.2, 0.25) is 18.1 Å². The Morgan fingerprint density at radius 3 is 2.32 bits per heavy atom. The number of benzene rings is 1. The van der Waals surface area contributed by atoms with E-state index in [1.54, 1.807) is 0 Å². The van der Waals surface area contributed by atoms with Crippen LogP contribution in [-0.4, -0.2) is 20.2 Å². The Morgan fingerprint density at radius 1 is 1.03 bits per heavy atom. The maximum Gasteiger partial charge on any atom is 0.192 e. The van der Waals surface area contributed by atoms with Crippen LogP contribution in [0.4, 0.5) is 0 Å². The summed E-state index contributed by atoms with van der Waals surface area (Å²) in [5.74, 6) is 0.397. The summed E-state index contributed by atoms with van der Waals surface area (Å²) in [6.07, 6.45) is 20.2. The molecule has 0 bridgehead atoms. The molecule has 0 heterocycles. The maximum absolute atomic E-state index is 12.5. The van der Waals surface area contributed by atoms with E-state index in [0.717, 1.165) is 32.1 Å². The number of carbonyl (C=O) groups is 1. The molecule has 0 amide bonds. The largest absolute Gasteiger partial charge is 0.410 e. The number of hydrogen-bond acceptors (Lipinski definition) is 2. The first kappa shape index (κ1) is 27.1. The van der Waals surface area contributed by atoms with Crippen molar-refractivity contribution in [2.75, 3.05) is 0 Å². The van der Waals surface area contributed by atoms with Gasteiger partial charge in [0.2, 0.25) is 0 Å². The quantitative estimate of drug-likeness (QED) is 0.247. The summed E-state index contributed by atoms with van der Waals surface area (Å²) in [5, 5.41) is 0.186. The van der Waals surface area contributed by atoms with Gasteiger partial charge in [0.15, 0.2) is 8.32 Å². The van der Waals surface area contributed by atoms with Crippen molar-refractivity contribution in [3.63, 3.8) is 0 Å². The lowest BCUT2D eigenvalue weighted by Crippen LogP contribution is -2.51. The number of rotatable bonds is 10. The van der Waals surface area contributed by atoms with Gasteiger partial charge in [0.05, 0.1) is 6.10 Å². The molecule has 2 aliphatic rings.